The average Bonchev–Trinajstić information content (AvgIpc) is 3.72. The molecular formula is C29H30FN5O3. The number of aromatic amines is 2. The Labute approximate surface area is 219 Å². The predicted octanol–water partition coefficient (Wildman–Crippen LogP) is 4.54. The van der Waals surface area contributed by atoms with Gasteiger partial charge in [0.15, 0.2) is 11.6 Å². The number of carbonyl (C=O) groups is 3. The zero-order chi connectivity index (χ0) is 26.6. The molecule has 2 aliphatic heterocycles. The lowest BCUT2D eigenvalue weighted by atomic mass is 9.85. The van der Waals surface area contributed by atoms with Gasteiger partial charge in [0.2, 0.25) is 5.91 Å². The standard InChI is InChI=1S/C29H30FN5O3/c1-3-16(2)20(13-25(36)24-11-17-7-6-8-21(30)26(17)31-24)28(37)34-14-19-12-18(34)15-35(19)29(38)27-32-22-9-4-5-10-23(22)33-27/h4-11,16,18-20,31H,3,12-15H2,1-2H3,(H,32,33)/t16-,18-,19-,20-/m0/s1. The Bertz CT molecular complexity index is 1530. The van der Waals surface area contributed by atoms with E-state index in [1.165, 1.54) is 6.07 Å². The van der Waals surface area contributed by atoms with Crippen LogP contribution in [0.15, 0.2) is 48.5 Å². The first-order valence-corrected chi connectivity index (χ1v) is 13.2. The van der Waals surface area contributed by atoms with Gasteiger partial charge in [-0.25, -0.2) is 9.37 Å². The zero-order valence-electron chi connectivity index (χ0n) is 21.4. The highest BCUT2D eigenvalue weighted by Crippen LogP contribution is 2.35. The molecule has 0 radical (unpaired) electrons. The Balaban J connectivity index is 1.16. The van der Waals surface area contributed by atoms with Crippen LogP contribution in [0.1, 0.15) is 54.2 Å². The number of carbonyl (C=O) groups excluding carboxylic acids is 3. The Kier molecular flexibility index (Phi) is 6.01. The van der Waals surface area contributed by atoms with Gasteiger partial charge >= 0.3 is 0 Å². The number of Topliss-reactive ketones (excluding diaryl/α,β-unsaturated/α-hetero) is 1. The molecule has 0 saturated carbocycles. The largest absolute Gasteiger partial charge is 0.350 e. The molecule has 196 valence electrons. The highest BCUT2D eigenvalue weighted by Gasteiger charge is 2.49. The van der Waals surface area contributed by atoms with E-state index in [2.05, 4.69) is 15.0 Å². The summed E-state index contributed by atoms with van der Waals surface area (Å²) in [5, 5.41) is 0.630. The van der Waals surface area contributed by atoms with E-state index in [1.54, 1.807) is 18.2 Å². The van der Waals surface area contributed by atoms with Crippen LogP contribution in [0, 0.1) is 17.7 Å². The molecule has 2 fully saturated rings. The summed E-state index contributed by atoms with van der Waals surface area (Å²) >= 11 is 0. The third-order valence-electron chi connectivity index (χ3n) is 8.34. The monoisotopic (exact) mass is 515 g/mol. The third-order valence-corrected chi connectivity index (χ3v) is 8.34. The number of H-pyrrole nitrogens is 2. The van der Waals surface area contributed by atoms with E-state index in [0.29, 0.717) is 35.5 Å². The molecule has 2 amide bonds. The molecule has 4 heterocycles. The van der Waals surface area contributed by atoms with Gasteiger partial charge < -0.3 is 19.8 Å². The number of para-hydroxylation sites is 3. The minimum atomic E-state index is -0.484. The van der Waals surface area contributed by atoms with Crippen molar-refractivity contribution in [2.75, 3.05) is 13.1 Å². The van der Waals surface area contributed by atoms with E-state index >= 15 is 0 Å². The molecule has 8 nitrogen and oxygen atoms in total. The predicted molar refractivity (Wildman–Crippen MR) is 141 cm³/mol. The van der Waals surface area contributed by atoms with Gasteiger partial charge in [-0.05, 0) is 36.6 Å². The second-order valence-electron chi connectivity index (χ2n) is 10.6. The summed E-state index contributed by atoms with van der Waals surface area (Å²) in [5.74, 6) is -0.979. The van der Waals surface area contributed by atoms with Crippen molar-refractivity contribution in [2.24, 2.45) is 11.8 Å². The second-order valence-corrected chi connectivity index (χ2v) is 10.6. The van der Waals surface area contributed by atoms with E-state index in [-0.39, 0.29) is 42.0 Å². The summed E-state index contributed by atoms with van der Waals surface area (Å²) in [4.78, 5) is 54.4. The molecule has 2 aliphatic rings. The van der Waals surface area contributed by atoms with Crippen LogP contribution in [0.25, 0.3) is 21.9 Å². The molecule has 4 atom stereocenters. The van der Waals surface area contributed by atoms with Gasteiger partial charge in [-0.2, -0.15) is 0 Å². The lowest BCUT2D eigenvalue weighted by Crippen LogP contribution is -2.52. The fourth-order valence-electron chi connectivity index (χ4n) is 5.98. The first-order chi connectivity index (χ1) is 18.3. The summed E-state index contributed by atoms with van der Waals surface area (Å²) in [6, 6.07) is 13.7. The summed E-state index contributed by atoms with van der Waals surface area (Å²) < 4.78 is 14.1. The third kappa shape index (κ3) is 4.06. The number of ketones is 1. The van der Waals surface area contributed by atoms with Gasteiger partial charge in [-0.1, -0.05) is 44.5 Å². The number of hydrogen-bond acceptors (Lipinski definition) is 4. The SMILES string of the molecule is CC[C@H](C)[C@H](CC(=O)c1cc2cccc(F)c2[nH]1)C(=O)N1C[C@@H]2C[C@H]1CN2C(=O)c1nc2ccccc2[nH]1. The normalized spacial score (nSPS) is 20.4. The number of benzene rings is 2. The lowest BCUT2D eigenvalue weighted by molar-refractivity contribution is -0.139. The number of imidazole rings is 1. The van der Waals surface area contributed by atoms with Crippen molar-refractivity contribution in [3.05, 3.63) is 65.9 Å². The number of aromatic nitrogens is 3. The average molecular weight is 516 g/mol. The molecule has 2 aromatic carbocycles. The van der Waals surface area contributed by atoms with Gasteiger partial charge in [0, 0.05) is 30.8 Å². The Hall–Kier alpha value is -4.01. The molecule has 2 aromatic heterocycles. The maximum atomic E-state index is 14.1. The van der Waals surface area contributed by atoms with Crippen molar-refractivity contribution in [2.45, 2.75) is 45.2 Å². The summed E-state index contributed by atoms with van der Waals surface area (Å²) in [5.41, 5.74) is 2.18. The van der Waals surface area contributed by atoms with Crippen LogP contribution in [0.5, 0.6) is 0 Å². The topological polar surface area (TPSA) is 102 Å². The molecule has 0 unspecified atom stereocenters. The first kappa shape index (κ1) is 24.3. The molecule has 38 heavy (non-hydrogen) atoms. The fraction of sp³-hybridized carbons (Fsp3) is 0.379. The molecular weight excluding hydrogens is 485 g/mol. The highest BCUT2D eigenvalue weighted by atomic mass is 19.1. The minimum absolute atomic E-state index is 0.0000237. The quantitative estimate of drug-likeness (QED) is 0.353. The van der Waals surface area contributed by atoms with Crippen LogP contribution < -0.4 is 0 Å². The fourth-order valence-corrected chi connectivity index (χ4v) is 5.98. The van der Waals surface area contributed by atoms with Crippen LogP contribution in [-0.4, -0.2) is 67.5 Å². The van der Waals surface area contributed by atoms with Crippen molar-refractivity contribution >= 4 is 39.5 Å². The van der Waals surface area contributed by atoms with Gasteiger partial charge in [-0.3, -0.25) is 14.4 Å². The van der Waals surface area contributed by atoms with Gasteiger partial charge in [0.1, 0.15) is 5.82 Å². The van der Waals surface area contributed by atoms with Crippen LogP contribution in [-0.2, 0) is 4.79 Å². The first-order valence-electron chi connectivity index (χ1n) is 13.2. The lowest BCUT2D eigenvalue weighted by Gasteiger charge is -2.36. The molecule has 2 saturated heterocycles. The van der Waals surface area contributed by atoms with E-state index in [9.17, 15) is 18.8 Å². The van der Waals surface area contributed by atoms with Crippen molar-refractivity contribution in [1.29, 1.82) is 0 Å². The van der Waals surface area contributed by atoms with E-state index in [0.717, 1.165) is 23.9 Å². The van der Waals surface area contributed by atoms with Gasteiger partial charge in [0.05, 0.1) is 34.3 Å². The molecule has 2 bridgehead atoms. The summed E-state index contributed by atoms with van der Waals surface area (Å²) in [7, 11) is 0. The minimum Gasteiger partial charge on any atom is -0.350 e. The van der Waals surface area contributed by atoms with Crippen molar-refractivity contribution < 1.29 is 18.8 Å². The van der Waals surface area contributed by atoms with Crippen molar-refractivity contribution in [3.63, 3.8) is 0 Å². The molecule has 2 N–H and O–H groups in total. The van der Waals surface area contributed by atoms with E-state index in [4.69, 9.17) is 0 Å². The van der Waals surface area contributed by atoms with Gasteiger partial charge in [-0.15, -0.1) is 0 Å². The maximum absolute atomic E-state index is 14.1. The number of likely N-dealkylation sites (tertiary alicyclic amines) is 2. The van der Waals surface area contributed by atoms with Crippen LogP contribution >= 0.6 is 0 Å². The number of amides is 2. The second kappa shape index (κ2) is 9.38. The Morgan fingerprint density at radius 2 is 1.82 bits per heavy atom. The highest BCUT2D eigenvalue weighted by molar-refractivity contribution is 6.01. The van der Waals surface area contributed by atoms with Crippen LogP contribution in [0.4, 0.5) is 4.39 Å². The number of rotatable bonds is 7. The smallest absolute Gasteiger partial charge is 0.290 e. The molecule has 0 aliphatic carbocycles. The van der Waals surface area contributed by atoms with Crippen LogP contribution in [0.3, 0.4) is 0 Å². The number of hydrogen-bond donors (Lipinski definition) is 2. The molecule has 0 spiro atoms. The number of nitrogens with zero attached hydrogens (tertiary/aromatic N) is 3. The maximum Gasteiger partial charge on any atom is 0.290 e. The number of fused-ring (bicyclic) bond motifs is 4. The molecule has 6 rings (SSSR count). The number of halogens is 1. The van der Waals surface area contributed by atoms with Crippen LogP contribution in [0.2, 0.25) is 0 Å². The number of nitrogens with one attached hydrogen (secondary N) is 2. The zero-order valence-corrected chi connectivity index (χ0v) is 21.4. The van der Waals surface area contributed by atoms with Crippen molar-refractivity contribution in [1.82, 2.24) is 24.8 Å². The van der Waals surface area contributed by atoms with Crippen molar-refractivity contribution in [3.8, 4) is 0 Å². The van der Waals surface area contributed by atoms with Gasteiger partial charge in [0.25, 0.3) is 5.91 Å². The Morgan fingerprint density at radius 3 is 2.53 bits per heavy atom. The Morgan fingerprint density at radius 1 is 1.05 bits per heavy atom. The van der Waals surface area contributed by atoms with E-state index in [1.807, 2.05) is 47.9 Å². The molecule has 9 heteroatoms. The number of piperazine rings is 1. The summed E-state index contributed by atoms with van der Waals surface area (Å²) in [6.07, 6.45) is 1.53. The van der Waals surface area contributed by atoms with E-state index < -0.39 is 11.7 Å². The summed E-state index contributed by atoms with van der Waals surface area (Å²) in [6.45, 7) is 4.91. The molecule has 4 aromatic rings.